The second-order valence-electron chi connectivity index (χ2n) is 4.83. The summed E-state index contributed by atoms with van der Waals surface area (Å²) in [5.74, 6) is 0.198. The van der Waals surface area contributed by atoms with Gasteiger partial charge in [-0.3, -0.25) is 4.79 Å². The molecule has 0 saturated carbocycles. The Hall–Kier alpha value is -1.03. The zero-order valence-corrected chi connectivity index (χ0v) is 13.6. The number of rotatable bonds is 7. The van der Waals surface area contributed by atoms with E-state index in [1.165, 1.54) is 5.56 Å². The Morgan fingerprint density at radius 1 is 1.42 bits per heavy atom. The summed E-state index contributed by atoms with van der Waals surface area (Å²) in [6.45, 7) is 5.70. The molecule has 0 heterocycles. The lowest BCUT2D eigenvalue weighted by molar-refractivity contribution is -0.129. The van der Waals surface area contributed by atoms with Crippen molar-refractivity contribution in [2.45, 2.75) is 33.1 Å². The highest BCUT2D eigenvalue weighted by Gasteiger charge is 2.07. The van der Waals surface area contributed by atoms with Crippen LogP contribution in [-0.2, 0) is 4.79 Å². The molecular weight excluding hydrogens is 304 g/mol. The maximum absolute atomic E-state index is 11.9. The van der Waals surface area contributed by atoms with Crippen LogP contribution in [0.4, 0.5) is 5.69 Å². The molecule has 106 valence electrons. The number of anilines is 1. The number of carbonyl (C=O) groups is 1. The molecule has 0 atom stereocenters. The molecule has 0 bridgehead atoms. The highest BCUT2D eigenvalue weighted by atomic mass is 79.9. The lowest BCUT2D eigenvalue weighted by Crippen LogP contribution is -2.29. The van der Waals surface area contributed by atoms with Crippen molar-refractivity contribution in [3.05, 3.63) is 28.2 Å². The first-order chi connectivity index (χ1) is 9.04. The van der Waals surface area contributed by atoms with Crippen molar-refractivity contribution >= 4 is 27.5 Å². The lowest BCUT2D eigenvalue weighted by atomic mass is 10.2. The van der Waals surface area contributed by atoms with Gasteiger partial charge in [-0.05, 0) is 47.0 Å². The average molecular weight is 327 g/mol. The Labute approximate surface area is 124 Å². The fourth-order valence-corrected chi connectivity index (χ4v) is 2.41. The molecule has 1 amide bonds. The first-order valence-corrected chi connectivity index (χ1v) is 7.58. The molecule has 19 heavy (non-hydrogen) atoms. The summed E-state index contributed by atoms with van der Waals surface area (Å²) in [7, 11) is 1.87. The van der Waals surface area contributed by atoms with E-state index in [1.54, 1.807) is 0 Å². The number of aryl methyl sites for hydroxylation is 1. The Kier molecular flexibility index (Phi) is 6.92. The molecule has 0 aliphatic carbocycles. The molecular formula is C15H23BrN2O. The smallest absolute Gasteiger partial charge is 0.224 e. The summed E-state index contributed by atoms with van der Waals surface area (Å²) in [5, 5.41) is 3.29. The average Bonchev–Trinajstić information content (AvgIpc) is 2.38. The summed E-state index contributed by atoms with van der Waals surface area (Å²) in [5.41, 5.74) is 2.25. The predicted octanol–water partition coefficient (Wildman–Crippen LogP) is 3.82. The Morgan fingerprint density at radius 3 is 2.79 bits per heavy atom. The predicted molar refractivity (Wildman–Crippen MR) is 84.5 cm³/mol. The van der Waals surface area contributed by atoms with Crippen LogP contribution in [0.3, 0.4) is 0 Å². The van der Waals surface area contributed by atoms with E-state index in [9.17, 15) is 4.79 Å². The number of benzene rings is 1. The van der Waals surface area contributed by atoms with E-state index in [2.05, 4.69) is 47.2 Å². The molecule has 1 aromatic carbocycles. The fourth-order valence-electron chi connectivity index (χ4n) is 1.78. The van der Waals surface area contributed by atoms with E-state index in [4.69, 9.17) is 0 Å². The van der Waals surface area contributed by atoms with Gasteiger partial charge < -0.3 is 10.2 Å². The van der Waals surface area contributed by atoms with Crippen LogP contribution >= 0.6 is 15.9 Å². The van der Waals surface area contributed by atoms with Crippen LogP contribution in [0.15, 0.2) is 22.7 Å². The summed E-state index contributed by atoms with van der Waals surface area (Å²) in [6.07, 6.45) is 2.71. The molecule has 1 N–H and O–H groups in total. The van der Waals surface area contributed by atoms with Crippen molar-refractivity contribution in [2.24, 2.45) is 0 Å². The summed E-state index contributed by atoms with van der Waals surface area (Å²) >= 11 is 3.52. The van der Waals surface area contributed by atoms with Crippen molar-refractivity contribution < 1.29 is 4.79 Å². The topological polar surface area (TPSA) is 32.3 Å². The van der Waals surface area contributed by atoms with Crippen LogP contribution in [0.1, 0.15) is 31.7 Å². The zero-order valence-electron chi connectivity index (χ0n) is 12.0. The van der Waals surface area contributed by atoms with Crippen molar-refractivity contribution in [3.8, 4) is 0 Å². The van der Waals surface area contributed by atoms with E-state index in [0.29, 0.717) is 13.0 Å². The number of hydrogen-bond donors (Lipinski definition) is 1. The number of hydrogen-bond acceptors (Lipinski definition) is 2. The molecule has 0 aliphatic heterocycles. The SMILES string of the molecule is CCCCN(C)C(=O)CCNc1ccc(C)cc1Br. The van der Waals surface area contributed by atoms with Crippen LogP contribution < -0.4 is 5.32 Å². The van der Waals surface area contributed by atoms with E-state index >= 15 is 0 Å². The number of halogens is 1. The second-order valence-corrected chi connectivity index (χ2v) is 5.68. The van der Waals surface area contributed by atoms with Gasteiger partial charge >= 0.3 is 0 Å². The molecule has 0 saturated heterocycles. The molecule has 0 radical (unpaired) electrons. The highest BCUT2D eigenvalue weighted by Crippen LogP contribution is 2.23. The monoisotopic (exact) mass is 326 g/mol. The van der Waals surface area contributed by atoms with Gasteiger partial charge in [-0.25, -0.2) is 0 Å². The molecule has 0 spiro atoms. The van der Waals surface area contributed by atoms with Gasteiger partial charge in [0.15, 0.2) is 0 Å². The third kappa shape index (κ3) is 5.64. The number of nitrogens with zero attached hydrogens (tertiary/aromatic N) is 1. The third-order valence-corrected chi connectivity index (χ3v) is 3.71. The molecule has 0 aromatic heterocycles. The quantitative estimate of drug-likeness (QED) is 0.826. The zero-order chi connectivity index (χ0) is 14.3. The van der Waals surface area contributed by atoms with Crippen molar-refractivity contribution in [1.82, 2.24) is 4.90 Å². The van der Waals surface area contributed by atoms with Crippen molar-refractivity contribution in [2.75, 3.05) is 25.5 Å². The molecule has 0 fully saturated rings. The summed E-state index contributed by atoms with van der Waals surface area (Å²) in [4.78, 5) is 13.7. The molecule has 1 rings (SSSR count). The minimum absolute atomic E-state index is 0.198. The van der Waals surface area contributed by atoms with Crippen LogP contribution in [0.25, 0.3) is 0 Å². The molecule has 0 unspecified atom stereocenters. The van der Waals surface area contributed by atoms with E-state index in [0.717, 1.165) is 29.5 Å². The summed E-state index contributed by atoms with van der Waals surface area (Å²) in [6, 6.07) is 6.16. The first kappa shape index (κ1) is 16.0. The largest absolute Gasteiger partial charge is 0.384 e. The Morgan fingerprint density at radius 2 is 2.16 bits per heavy atom. The highest BCUT2D eigenvalue weighted by molar-refractivity contribution is 9.10. The van der Waals surface area contributed by atoms with Crippen LogP contribution in [0.5, 0.6) is 0 Å². The van der Waals surface area contributed by atoms with Gasteiger partial charge in [0.1, 0.15) is 0 Å². The number of amides is 1. The van der Waals surface area contributed by atoms with E-state index < -0.39 is 0 Å². The summed E-state index contributed by atoms with van der Waals surface area (Å²) < 4.78 is 1.04. The number of carbonyl (C=O) groups excluding carboxylic acids is 1. The number of unbranched alkanes of at least 4 members (excludes halogenated alkanes) is 1. The molecule has 4 heteroatoms. The second kappa shape index (κ2) is 8.20. The standard InChI is InChI=1S/C15H23BrN2O/c1-4-5-10-18(3)15(19)8-9-17-14-7-6-12(2)11-13(14)16/h6-7,11,17H,4-5,8-10H2,1-3H3. The van der Waals surface area contributed by atoms with Crippen LogP contribution in [0, 0.1) is 6.92 Å². The van der Waals surface area contributed by atoms with Crippen LogP contribution in [-0.4, -0.2) is 30.9 Å². The minimum atomic E-state index is 0.198. The molecule has 1 aromatic rings. The van der Waals surface area contributed by atoms with E-state index in [-0.39, 0.29) is 5.91 Å². The Balaban J connectivity index is 2.35. The minimum Gasteiger partial charge on any atom is -0.384 e. The van der Waals surface area contributed by atoms with Crippen LogP contribution in [0.2, 0.25) is 0 Å². The van der Waals surface area contributed by atoms with Crippen molar-refractivity contribution in [1.29, 1.82) is 0 Å². The maximum atomic E-state index is 11.9. The fraction of sp³-hybridized carbons (Fsp3) is 0.533. The van der Waals surface area contributed by atoms with E-state index in [1.807, 2.05) is 18.0 Å². The lowest BCUT2D eigenvalue weighted by Gasteiger charge is -2.17. The number of nitrogens with one attached hydrogen (secondary N) is 1. The Bertz CT molecular complexity index is 421. The van der Waals surface area contributed by atoms with Gasteiger partial charge in [-0.1, -0.05) is 19.4 Å². The normalized spacial score (nSPS) is 10.3. The maximum Gasteiger partial charge on any atom is 0.224 e. The van der Waals surface area contributed by atoms with Gasteiger partial charge in [0.25, 0.3) is 0 Å². The van der Waals surface area contributed by atoms with Crippen molar-refractivity contribution in [3.63, 3.8) is 0 Å². The third-order valence-electron chi connectivity index (χ3n) is 3.05. The molecule has 0 aliphatic rings. The van der Waals surface area contributed by atoms with Gasteiger partial charge in [0, 0.05) is 36.7 Å². The molecule has 3 nitrogen and oxygen atoms in total. The van der Waals surface area contributed by atoms with Gasteiger partial charge in [-0.2, -0.15) is 0 Å². The van der Waals surface area contributed by atoms with Gasteiger partial charge in [0.2, 0.25) is 5.91 Å². The van der Waals surface area contributed by atoms with Gasteiger partial charge in [0.05, 0.1) is 0 Å². The van der Waals surface area contributed by atoms with Gasteiger partial charge in [-0.15, -0.1) is 0 Å². The first-order valence-electron chi connectivity index (χ1n) is 6.78.